The molecule has 0 aliphatic carbocycles. The molecule has 2 saturated heterocycles. The summed E-state index contributed by atoms with van der Waals surface area (Å²) in [7, 11) is 0. The lowest BCUT2D eigenvalue weighted by molar-refractivity contribution is 0.0769. The van der Waals surface area contributed by atoms with E-state index in [0.717, 1.165) is 31.6 Å². The van der Waals surface area contributed by atoms with Crippen molar-refractivity contribution < 1.29 is 14.0 Å². The third-order valence-corrected chi connectivity index (χ3v) is 7.84. The van der Waals surface area contributed by atoms with E-state index >= 15 is 0 Å². The van der Waals surface area contributed by atoms with E-state index in [-0.39, 0.29) is 28.4 Å². The van der Waals surface area contributed by atoms with Crippen LogP contribution < -0.4 is 5.32 Å². The summed E-state index contributed by atoms with van der Waals surface area (Å²) in [6.45, 7) is 3.65. The number of rotatable bonds is 7. The molecule has 3 aromatic rings. The number of benzene rings is 3. The Kier molecular flexibility index (Phi) is 7.73. The maximum Gasteiger partial charge on any atom is 0.258 e. The minimum Gasteiger partial charge on any atom is -0.345 e. The molecular formula is C30H28ClFN4O2. The molecule has 3 atom stereocenters. The minimum atomic E-state index is -0.588. The third-order valence-electron chi connectivity index (χ3n) is 7.52. The highest BCUT2D eigenvalue weighted by molar-refractivity contribution is 6.33. The van der Waals surface area contributed by atoms with E-state index in [9.17, 15) is 19.2 Å². The summed E-state index contributed by atoms with van der Waals surface area (Å²) < 4.78 is 14.3. The van der Waals surface area contributed by atoms with E-state index < -0.39 is 5.82 Å². The van der Waals surface area contributed by atoms with E-state index in [1.165, 1.54) is 12.1 Å². The zero-order valence-electron chi connectivity index (χ0n) is 20.8. The number of carbonyl (C=O) groups is 2. The molecule has 8 heteroatoms. The number of halogens is 2. The molecule has 2 aliphatic rings. The lowest BCUT2D eigenvalue weighted by atomic mass is 10.0. The second-order valence-electron chi connectivity index (χ2n) is 10.0. The molecule has 2 aliphatic heterocycles. The van der Waals surface area contributed by atoms with Crippen LogP contribution in [0.1, 0.15) is 44.3 Å². The minimum absolute atomic E-state index is 0.0484. The number of fused-ring (bicyclic) bond motifs is 1. The number of nitriles is 1. The molecule has 2 amide bonds. The van der Waals surface area contributed by atoms with Crippen LogP contribution in [-0.4, -0.2) is 54.3 Å². The van der Waals surface area contributed by atoms with Crippen LogP contribution in [0.5, 0.6) is 0 Å². The molecule has 6 nitrogen and oxygen atoms in total. The number of carbonyl (C=O) groups excluding carboxylic acids is 2. The van der Waals surface area contributed by atoms with Crippen molar-refractivity contribution in [2.24, 2.45) is 11.8 Å². The highest BCUT2D eigenvalue weighted by Gasteiger charge is 2.42. The fourth-order valence-electron chi connectivity index (χ4n) is 5.59. The SMILES string of the molecule is N#Cc1cccc(C(=O)NC(CCN2CC3CN(C(=O)c4c(F)cccc4Cl)CC3C2)c2ccccc2)c1. The van der Waals surface area contributed by atoms with Crippen molar-refractivity contribution in [3.63, 3.8) is 0 Å². The van der Waals surface area contributed by atoms with Gasteiger partial charge in [0, 0.05) is 38.3 Å². The molecule has 0 aromatic heterocycles. The van der Waals surface area contributed by atoms with Crippen molar-refractivity contribution in [2.75, 3.05) is 32.7 Å². The number of hydrogen-bond acceptors (Lipinski definition) is 4. The van der Waals surface area contributed by atoms with Gasteiger partial charge in [0.1, 0.15) is 5.82 Å². The van der Waals surface area contributed by atoms with Gasteiger partial charge in [-0.2, -0.15) is 5.26 Å². The first-order valence-electron chi connectivity index (χ1n) is 12.7. The Morgan fingerprint density at radius 2 is 1.71 bits per heavy atom. The lowest BCUT2D eigenvalue weighted by Crippen LogP contribution is -2.35. The van der Waals surface area contributed by atoms with Crippen molar-refractivity contribution in [1.82, 2.24) is 15.1 Å². The first-order valence-corrected chi connectivity index (χ1v) is 13.1. The van der Waals surface area contributed by atoms with Gasteiger partial charge in [-0.1, -0.05) is 54.1 Å². The standard InChI is InChI=1S/C30H28ClFN4O2/c31-25-10-5-11-26(32)28(25)30(38)36-18-23-16-35(17-24(23)19-36)13-12-27(21-7-2-1-3-8-21)34-29(37)22-9-4-6-20(14-22)15-33/h1-11,14,23-24,27H,12-13,16-19H2,(H,34,37). The molecule has 194 valence electrons. The fourth-order valence-corrected chi connectivity index (χ4v) is 5.83. The molecule has 3 unspecified atom stereocenters. The van der Waals surface area contributed by atoms with E-state index in [1.807, 2.05) is 30.3 Å². The second kappa shape index (κ2) is 11.3. The van der Waals surface area contributed by atoms with Crippen LogP contribution in [0.4, 0.5) is 4.39 Å². The van der Waals surface area contributed by atoms with Crippen LogP contribution in [0.25, 0.3) is 0 Å². The summed E-state index contributed by atoms with van der Waals surface area (Å²) in [5.41, 5.74) is 1.88. The average Bonchev–Trinajstić information content (AvgIpc) is 3.50. The third kappa shape index (κ3) is 5.57. The number of nitrogens with one attached hydrogen (secondary N) is 1. The molecule has 0 saturated carbocycles. The van der Waals surface area contributed by atoms with Crippen LogP contribution in [0.15, 0.2) is 72.8 Å². The van der Waals surface area contributed by atoms with Gasteiger partial charge in [-0.25, -0.2) is 4.39 Å². The quantitative estimate of drug-likeness (QED) is 0.470. The van der Waals surface area contributed by atoms with E-state index in [4.69, 9.17) is 11.6 Å². The van der Waals surface area contributed by atoms with Gasteiger partial charge in [0.05, 0.1) is 28.3 Å². The Labute approximate surface area is 226 Å². The van der Waals surface area contributed by atoms with Crippen LogP contribution in [0.2, 0.25) is 5.02 Å². The highest BCUT2D eigenvalue weighted by Crippen LogP contribution is 2.33. The maximum absolute atomic E-state index is 14.3. The van der Waals surface area contributed by atoms with Gasteiger partial charge in [0.25, 0.3) is 11.8 Å². The molecule has 2 fully saturated rings. The fraction of sp³-hybridized carbons (Fsp3) is 0.300. The number of nitrogens with zero attached hydrogens (tertiary/aromatic N) is 3. The Morgan fingerprint density at radius 1 is 1.00 bits per heavy atom. The van der Waals surface area contributed by atoms with Crippen molar-refractivity contribution in [2.45, 2.75) is 12.5 Å². The summed E-state index contributed by atoms with van der Waals surface area (Å²) in [5.74, 6) is -0.503. The first-order chi connectivity index (χ1) is 18.4. The average molecular weight is 531 g/mol. The van der Waals surface area contributed by atoms with Crippen LogP contribution in [-0.2, 0) is 0 Å². The van der Waals surface area contributed by atoms with Gasteiger partial charge in [0.2, 0.25) is 0 Å². The van der Waals surface area contributed by atoms with Crippen LogP contribution in [0, 0.1) is 29.0 Å². The molecule has 0 bridgehead atoms. The number of amides is 2. The van der Waals surface area contributed by atoms with Crippen molar-refractivity contribution >= 4 is 23.4 Å². The smallest absolute Gasteiger partial charge is 0.258 e. The summed E-state index contributed by atoms with van der Waals surface area (Å²) in [4.78, 5) is 30.1. The van der Waals surface area contributed by atoms with Gasteiger partial charge in [-0.3, -0.25) is 9.59 Å². The molecule has 0 spiro atoms. The second-order valence-corrected chi connectivity index (χ2v) is 10.4. The molecule has 5 rings (SSSR count). The summed E-state index contributed by atoms with van der Waals surface area (Å²) in [6, 6.07) is 22.8. The normalized spacial score (nSPS) is 19.6. The lowest BCUT2D eigenvalue weighted by Gasteiger charge is -2.25. The molecule has 1 N–H and O–H groups in total. The molecule has 2 heterocycles. The summed E-state index contributed by atoms with van der Waals surface area (Å²) in [5, 5.41) is 12.5. The maximum atomic E-state index is 14.3. The summed E-state index contributed by atoms with van der Waals surface area (Å²) >= 11 is 6.12. The largest absolute Gasteiger partial charge is 0.345 e. The van der Waals surface area contributed by atoms with Gasteiger partial charge in [-0.15, -0.1) is 0 Å². The van der Waals surface area contributed by atoms with Gasteiger partial charge in [0.15, 0.2) is 0 Å². The first kappa shape index (κ1) is 25.9. The Balaban J connectivity index is 1.20. The van der Waals surface area contributed by atoms with Gasteiger partial charge in [-0.05, 0) is 54.2 Å². The molecule has 3 aromatic carbocycles. The predicted octanol–water partition coefficient (Wildman–Crippen LogP) is 4.92. The Hall–Kier alpha value is -3.73. The molecule has 38 heavy (non-hydrogen) atoms. The predicted molar refractivity (Wildman–Crippen MR) is 143 cm³/mol. The molecular weight excluding hydrogens is 503 g/mol. The van der Waals surface area contributed by atoms with Gasteiger partial charge >= 0.3 is 0 Å². The number of likely N-dealkylation sites (tertiary alicyclic amines) is 2. The zero-order chi connectivity index (χ0) is 26.6. The van der Waals surface area contributed by atoms with Crippen LogP contribution in [0.3, 0.4) is 0 Å². The van der Waals surface area contributed by atoms with Crippen molar-refractivity contribution in [1.29, 1.82) is 5.26 Å². The summed E-state index contributed by atoms with van der Waals surface area (Å²) in [6.07, 6.45) is 0.723. The number of hydrogen-bond donors (Lipinski definition) is 1. The highest BCUT2D eigenvalue weighted by atomic mass is 35.5. The topological polar surface area (TPSA) is 76.4 Å². The van der Waals surface area contributed by atoms with Crippen LogP contribution >= 0.6 is 11.6 Å². The van der Waals surface area contributed by atoms with E-state index in [2.05, 4.69) is 16.3 Å². The Bertz CT molecular complexity index is 1340. The van der Waals surface area contributed by atoms with Crippen molar-refractivity contribution in [3.8, 4) is 6.07 Å². The Morgan fingerprint density at radius 3 is 2.39 bits per heavy atom. The van der Waals surface area contributed by atoms with Crippen molar-refractivity contribution in [3.05, 3.63) is 106 Å². The monoisotopic (exact) mass is 530 g/mol. The zero-order valence-corrected chi connectivity index (χ0v) is 21.6. The van der Waals surface area contributed by atoms with Gasteiger partial charge < -0.3 is 15.1 Å². The molecule has 0 radical (unpaired) electrons. The van der Waals surface area contributed by atoms with E-state index in [0.29, 0.717) is 36.1 Å². The van der Waals surface area contributed by atoms with E-state index in [1.54, 1.807) is 35.2 Å².